The van der Waals surface area contributed by atoms with E-state index in [4.69, 9.17) is 0 Å². The van der Waals surface area contributed by atoms with Crippen LogP contribution in [0.5, 0.6) is 0 Å². The zero-order valence-electron chi connectivity index (χ0n) is 26.2. The summed E-state index contributed by atoms with van der Waals surface area (Å²) in [4.78, 5) is 2.42. The summed E-state index contributed by atoms with van der Waals surface area (Å²) >= 11 is 0. The summed E-state index contributed by atoms with van der Waals surface area (Å²) < 4.78 is 0. The van der Waals surface area contributed by atoms with Crippen LogP contribution in [0.1, 0.15) is 47.9 Å². The zero-order valence-corrected chi connectivity index (χ0v) is 26.2. The molecule has 2 unspecified atom stereocenters. The molecule has 46 heavy (non-hydrogen) atoms. The number of benzene rings is 7. The van der Waals surface area contributed by atoms with Crippen molar-refractivity contribution in [2.24, 2.45) is 0 Å². The van der Waals surface area contributed by atoms with Crippen LogP contribution < -0.4 is 4.90 Å². The maximum atomic E-state index is 2.44. The number of rotatable bonds is 6. The highest BCUT2D eigenvalue weighted by atomic mass is 15.1. The molecule has 2 aliphatic carbocycles. The van der Waals surface area contributed by atoms with Gasteiger partial charge in [0.25, 0.3) is 0 Å². The molecule has 0 aromatic heterocycles. The highest BCUT2D eigenvalue weighted by Crippen LogP contribution is 2.57. The van der Waals surface area contributed by atoms with Crippen LogP contribution >= 0.6 is 0 Å². The van der Waals surface area contributed by atoms with Gasteiger partial charge in [-0.1, -0.05) is 135 Å². The molecule has 0 saturated carbocycles. The lowest BCUT2D eigenvalue weighted by Crippen LogP contribution is -2.10. The van der Waals surface area contributed by atoms with E-state index >= 15 is 0 Å². The SMILES string of the molecule is CC(c1ccccc1)C(C)c1ccc2c3c1-c1ccccc1-c1ccc(N(c4ccccc4)c4ccccc4)c4ccc(c-3c14)C2. The molecule has 0 radical (unpaired) electrons. The number of hydrogen-bond donors (Lipinski definition) is 0. The third-order valence-corrected chi connectivity index (χ3v) is 10.5. The van der Waals surface area contributed by atoms with Crippen LogP contribution in [0.3, 0.4) is 0 Å². The van der Waals surface area contributed by atoms with E-state index < -0.39 is 0 Å². The van der Waals surface area contributed by atoms with E-state index in [1.165, 1.54) is 72.1 Å². The summed E-state index contributed by atoms with van der Waals surface area (Å²) in [6.07, 6.45) is 0.976. The second kappa shape index (κ2) is 10.6. The Kier molecular flexibility index (Phi) is 6.21. The van der Waals surface area contributed by atoms with Gasteiger partial charge in [0.05, 0.1) is 5.69 Å². The van der Waals surface area contributed by atoms with Gasteiger partial charge in [-0.3, -0.25) is 0 Å². The summed E-state index contributed by atoms with van der Waals surface area (Å²) in [7, 11) is 0. The summed E-state index contributed by atoms with van der Waals surface area (Å²) in [6.45, 7) is 4.81. The lowest BCUT2D eigenvalue weighted by atomic mass is 9.78. The first-order chi connectivity index (χ1) is 22.7. The summed E-state index contributed by atoms with van der Waals surface area (Å²) in [6, 6.07) is 56.0. The molecule has 2 aliphatic rings. The monoisotopic (exact) mass is 589 g/mol. The Morgan fingerprint density at radius 1 is 0.457 bits per heavy atom. The van der Waals surface area contributed by atoms with Crippen molar-refractivity contribution in [3.63, 3.8) is 0 Å². The Balaban J connectivity index is 1.34. The lowest BCUT2D eigenvalue weighted by molar-refractivity contribution is 0.625. The lowest BCUT2D eigenvalue weighted by Gasteiger charge is -2.28. The standard InChI is InChI=1S/C45H35N/c1-29(31-14-6-3-7-15-31)30(2)36-24-22-32-28-33-23-25-40-41(46(34-16-8-4-9-17-34)35-18-10-5-11-19-35)27-26-39-37-20-12-13-21-38(37)44(36)42(32)43(33)45(39)40/h3-27,29-30H,28H2,1-2H3. The van der Waals surface area contributed by atoms with Gasteiger partial charge in [0, 0.05) is 16.8 Å². The maximum absolute atomic E-state index is 2.44. The van der Waals surface area contributed by atoms with Gasteiger partial charge in [-0.2, -0.15) is 0 Å². The second-order valence-corrected chi connectivity index (χ2v) is 12.9. The molecule has 0 saturated heterocycles. The van der Waals surface area contributed by atoms with Crippen LogP contribution in [0.4, 0.5) is 17.1 Å². The Labute approximate surface area is 271 Å². The highest BCUT2D eigenvalue weighted by molar-refractivity contribution is 6.19. The zero-order chi connectivity index (χ0) is 30.8. The minimum absolute atomic E-state index is 0.349. The average molecular weight is 590 g/mol. The predicted octanol–water partition coefficient (Wildman–Crippen LogP) is 12.4. The van der Waals surface area contributed by atoms with E-state index in [0.29, 0.717) is 11.8 Å². The smallest absolute Gasteiger partial charge is 0.0540 e. The molecular weight excluding hydrogens is 555 g/mol. The maximum Gasteiger partial charge on any atom is 0.0540 e. The average Bonchev–Trinajstić information content (AvgIpc) is 3.45. The molecular formula is C45H35N. The largest absolute Gasteiger partial charge is 0.310 e. The minimum atomic E-state index is 0.349. The Bertz CT molecular complexity index is 2210. The van der Waals surface area contributed by atoms with Gasteiger partial charge in [0.1, 0.15) is 0 Å². The molecule has 0 heterocycles. The van der Waals surface area contributed by atoms with Gasteiger partial charge in [-0.05, 0) is 110 Å². The van der Waals surface area contributed by atoms with Crippen LogP contribution in [0.2, 0.25) is 0 Å². The summed E-state index contributed by atoms with van der Waals surface area (Å²) in [5.41, 5.74) is 17.5. The fraction of sp³-hybridized carbons (Fsp3) is 0.111. The molecule has 7 aromatic carbocycles. The second-order valence-electron chi connectivity index (χ2n) is 12.9. The van der Waals surface area contributed by atoms with E-state index in [1.54, 1.807) is 0 Å². The molecule has 0 fully saturated rings. The van der Waals surface area contributed by atoms with Crippen molar-refractivity contribution < 1.29 is 0 Å². The van der Waals surface area contributed by atoms with E-state index in [0.717, 1.165) is 17.8 Å². The van der Waals surface area contributed by atoms with Crippen molar-refractivity contribution in [1.82, 2.24) is 0 Å². The minimum Gasteiger partial charge on any atom is -0.310 e. The van der Waals surface area contributed by atoms with E-state index in [1.807, 2.05) is 0 Å². The molecule has 0 amide bonds. The molecule has 0 aliphatic heterocycles. The van der Waals surface area contributed by atoms with Crippen LogP contribution in [-0.2, 0) is 6.42 Å². The fourth-order valence-electron chi connectivity index (χ4n) is 8.13. The van der Waals surface area contributed by atoms with E-state index in [2.05, 4.69) is 170 Å². The Morgan fingerprint density at radius 2 is 1.04 bits per heavy atom. The number of anilines is 3. The molecule has 1 heteroatoms. The van der Waals surface area contributed by atoms with Gasteiger partial charge >= 0.3 is 0 Å². The normalized spacial score (nSPS) is 13.6. The van der Waals surface area contributed by atoms with Gasteiger partial charge in [-0.25, -0.2) is 0 Å². The predicted molar refractivity (Wildman–Crippen MR) is 195 cm³/mol. The van der Waals surface area contributed by atoms with Crippen molar-refractivity contribution in [3.8, 4) is 33.4 Å². The molecule has 0 N–H and O–H groups in total. The quantitative estimate of drug-likeness (QED) is 0.186. The molecule has 7 aromatic rings. The van der Waals surface area contributed by atoms with Crippen LogP contribution in [0, 0.1) is 0 Å². The number of hydrogen-bond acceptors (Lipinski definition) is 1. The molecule has 220 valence electrons. The first-order valence-electron chi connectivity index (χ1n) is 16.5. The molecule has 1 nitrogen and oxygen atoms in total. The number of nitrogens with zero attached hydrogens (tertiary/aromatic N) is 1. The topological polar surface area (TPSA) is 3.24 Å². The van der Waals surface area contributed by atoms with Gasteiger partial charge in [0.2, 0.25) is 0 Å². The number of para-hydroxylation sites is 2. The fourth-order valence-corrected chi connectivity index (χ4v) is 8.13. The molecule has 0 spiro atoms. The Morgan fingerprint density at radius 3 is 1.74 bits per heavy atom. The number of fused-ring (bicyclic) bond motifs is 3. The van der Waals surface area contributed by atoms with E-state index in [9.17, 15) is 0 Å². The van der Waals surface area contributed by atoms with Crippen LogP contribution in [0.25, 0.3) is 44.2 Å². The first-order valence-corrected chi connectivity index (χ1v) is 16.5. The van der Waals surface area contributed by atoms with Crippen LogP contribution in [0.15, 0.2) is 152 Å². The van der Waals surface area contributed by atoms with Crippen molar-refractivity contribution in [2.75, 3.05) is 4.90 Å². The third kappa shape index (κ3) is 4.01. The van der Waals surface area contributed by atoms with Gasteiger partial charge in [0.15, 0.2) is 0 Å². The van der Waals surface area contributed by atoms with Gasteiger partial charge in [-0.15, -0.1) is 0 Å². The van der Waals surface area contributed by atoms with E-state index in [-0.39, 0.29) is 0 Å². The molecule has 9 rings (SSSR count). The molecule has 2 atom stereocenters. The Hall–Kier alpha value is -5.40. The molecule has 0 bridgehead atoms. The van der Waals surface area contributed by atoms with Crippen molar-refractivity contribution in [2.45, 2.75) is 32.1 Å². The third-order valence-electron chi connectivity index (χ3n) is 10.5. The van der Waals surface area contributed by atoms with Gasteiger partial charge < -0.3 is 4.90 Å². The highest BCUT2D eigenvalue weighted by Gasteiger charge is 2.34. The summed E-state index contributed by atoms with van der Waals surface area (Å²) in [5.74, 6) is 0.740. The van der Waals surface area contributed by atoms with Crippen molar-refractivity contribution in [1.29, 1.82) is 0 Å². The van der Waals surface area contributed by atoms with Crippen LogP contribution in [-0.4, -0.2) is 0 Å². The van der Waals surface area contributed by atoms with Crippen molar-refractivity contribution in [3.05, 3.63) is 174 Å². The van der Waals surface area contributed by atoms with Crippen molar-refractivity contribution >= 4 is 27.8 Å². The first kappa shape index (κ1) is 27.0. The summed E-state index contributed by atoms with van der Waals surface area (Å²) in [5, 5.41) is 2.66.